The summed E-state index contributed by atoms with van der Waals surface area (Å²) in [6, 6.07) is 6.40. The third kappa shape index (κ3) is 3.03. The van der Waals surface area contributed by atoms with E-state index in [0.29, 0.717) is 4.90 Å². The first kappa shape index (κ1) is 16.2. The predicted molar refractivity (Wildman–Crippen MR) is 74.5 cm³/mol. The van der Waals surface area contributed by atoms with Crippen molar-refractivity contribution in [3.05, 3.63) is 35.5 Å². The van der Waals surface area contributed by atoms with Crippen molar-refractivity contribution in [2.24, 2.45) is 7.05 Å². The van der Waals surface area contributed by atoms with Gasteiger partial charge in [0.1, 0.15) is 5.03 Å². The van der Waals surface area contributed by atoms with Crippen LogP contribution in [0.1, 0.15) is 16.1 Å². The average Bonchev–Trinajstić information content (AvgIpc) is 2.75. The fourth-order valence-corrected chi connectivity index (χ4v) is 2.79. The quantitative estimate of drug-likeness (QED) is 0.876. The minimum Gasteiger partial charge on any atom is -0.465 e. The van der Waals surface area contributed by atoms with E-state index in [0.717, 1.165) is 16.4 Å². The van der Waals surface area contributed by atoms with Crippen molar-refractivity contribution in [3.63, 3.8) is 0 Å². The number of nitrogens with zero attached hydrogens (tertiary/aromatic N) is 2. The van der Waals surface area contributed by atoms with Crippen LogP contribution in [0.5, 0.6) is 0 Å². The summed E-state index contributed by atoms with van der Waals surface area (Å²) in [7, 11) is 2.58. The number of carbonyl (C=O) groups excluding carboxylic acids is 1. The van der Waals surface area contributed by atoms with Gasteiger partial charge in [-0.15, -0.1) is 0 Å². The molecule has 118 valence electrons. The highest BCUT2D eigenvalue weighted by Gasteiger charge is 2.38. The van der Waals surface area contributed by atoms with Crippen LogP contribution in [0.15, 0.2) is 34.2 Å². The molecule has 1 aromatic carbocycles. The van der Waals surface area contributed by atoms with E-state index in [-0.39, 0.29) is 10.6 Å². The lowest BCUT2D eigenvalue weighted by molar-refractivity contribution is -0.140. The maximum Gasteiger partial charge on any atom is 0.437 e. The highest BCUT2D eigenvalue weighted by atomic mass is 32.2. The first-order valence-electron chi connectivity index (χ1n) is 6.00. The van der Waals surface area contributed by atoms with Crippen LogP contribution in [0, 0.1) is 0 Å². The number of methoxy groups -OCH3 is 1. The molecule has 0 unspecified atom stereocenters. The molecule has 1 heterocycles. The smallest absolute Gasteiger partial charge is 0.437 e. The fourth-order valence-electron chi connectivity index (χ4n) is 1.79. The zero-order chi connectivity index (χ0) is 16.5. The van der Waals surface area contributed by atoms with E-state index in [1.54, 1.807) is 18.2 Å². The van der Waals surface area contributed by atoms with Crippen molar-refractivity contribution in [1.29, 1.82) is 0 Å². The summed E-state index contributed by atoms with van der Waals surface area (Å²) in [6.45, 7) is 0. The highest BCUT2D eigenvalue weighted by Crippen LogP contribution is 2.40. The van der Waals surface area contributed by atoms with Crippen LogP contribution in [-0.2, 0) is 18.0 Å². The van der Waals surface area contributed by atoms with E-state index >= 15 is 0 Å². The lowest BCUT2D eigenvalue weighted by Crippen LogP contribution is -2.09. The van der Waals surface area contributed by atoms with Gasteiger partial charge in [0.2, 0.25) is 0 Å². The van der Waals surface area contributed by atoms with E-state index in [1.807, 2.05) is 0 Å². The largest absolute Gasteiger partial charge is 0.465 e. The van der Waals surface area contributed by atoms with Crippen LogP contribution in [0.4, 0.5) is 18.9 Å². The van der Waals surface area contributed by atoms with Gasteiger partial charge in [-0.1, -0.05) is 23.9 Å². The second-order valence-corrected chi connectivity index (χ2v) is 5.31. The second-order valence-electron chi connectivity index (χ2n) is 4.28. The fraction of sp³-hybridized carbons (Fsp3) is 0.231. The molecule has 0 saturated heterocycles. The molecule has 2 rings (SSSR count). The summed E-state index contributed by atoms with van der Waals surface area (Å²) in [5, 5.41) is 3.50. The van der Waals surface area contributed by atoms with Gasteiger partial charge >= 0.3 is 12.1 Å². The number of aryl methyl sites for hydroxylation is 1. The van der Waals surface area contributed by atoms with Crippen LogP contribution in [-0.4, -0.2) is 22.9 Å². The van der Waals surface area contributed by atoms with Crippen LogP contribution >= 0.6 is 11.8 Å². The van der Waals surface area contributed by atoms with Crippen molar-refractivity contribution < 1.29 is 22.7 Å². The third-order valence-corrected chi connectivity index (χ3v) is 4.05. The molecule has 2 aromatic rings. The van der Waals surface area contributed by atoms with E-state index in [4.69, 9.17) is 5.73 Å². The normalized spacial score (nSPS) is 11.5. The minimum absolute atomic E-state index is 0.101. The molecule has 0 fully saturated rings. The number of alkyl halides is 3. The number of nitrogens with two attached hydrogens (primary N) is 1. The number of esters is 1. The summed E-state index contributed by atoms with van der Waals surface area (Å²) < 4.78 is 44.1. The number of ether oxygens (including phenoxy) is 1. The summed E-state index contributed by atoms with van der Waals surface area (Å²) in [6.07, 6.45) is -4.64. The number of rotatable bonds is 3. The summed E-state index contributed by atoms with van der Waals surface area (Å²) >= 11 is 0.923. The van der Waals surface area contributed by atoms with Crippen molar-refractivity contribution >= 4 is 23.4 Å². The van der Waals surface area contributed by atoms with Crippen molar-refractivity contribution in [2.45, 2.75) is 16.1 Å². The van der Waals surface area contributed by atoms with Gasteiger partial charge in [-0.25, -0.2) is 4.79 Å². The molecule has 0 amide bonds. The molecule has 0 atom stereocenters. The summed E-state index contributed by atoms with van der Waals surface area (Å²) in [5.74, 6) is -0.583. The number of hydrogen-bond acceptors (Lipinski definition) is 5. The summed E-state index contributed by atoms with van der Waals surface area (Å²) in [5.41, 5.74) is 4.18. The van der Waals surface area contributed by atoms with E-state index in [9.17, 15) is 18.0 Å². The molecule has 2 N–H and O–H groups in total. The molecular formula is C13H12F3N3O2S. The lowest BCUT2D eigenvalue weighted by Gasteiger charge is -2.08. The Morgan fingerprint density at radius 1 is 1.36 bits per heavy atom. The standard InChI is InChI=1S/C13H12F3N3O2S/c1-19-11(9(17)10(18-19)13(14,15)16)22-8-6-4-3-5-7(8)12(20)21-2/h3-6H,17H2,1-2H3. The van der Waals surface area contributed by atoms with Crippen LogP contribution in [0.3, 0.4) is 0 Å². The molecule has 0 aliphatic rings. The SMILES string of the molecule is COC(=O)c1ccccc1Sc1c(N)c(C(F)(F)F)nn1C. The molecule has 5 nitrogen and oxygen atoms in total. The Morgan fingerprint density at radius 3 is 2.55 bits per heavy atom. The molecule has 0 saturated carbocycles. The summed E-state index contributed by atoms with van der Waals surface area (Å²) in [4.78, 5) is 12.1. The molecule has 22 heavy (non-hydrogen) atoms. The Morgan fingerprint density at radius 2 is 2.00 bits per heavy atom. The number of anilines is 1. The Balaban J connectivity index is 2.45. The Kier molecular flexibility index (Phi) is 4.36. The monoisotopic (exact) mass is 331 g/mol. The predicted octanol–water partition coefficient (Wildman–Crippen LogP) is 2.96. The van der Waals surface area contributed by atoms with Crippen LogP contribution in [0.25, 0.3) is 0 Å². The van der Waals surface area contributed by atoms with Gasteiger partial charge < -0.3 is 10.5 Å². The van der Waals surface area contributed by atoms with Crippen LogP contribution in [0.2, 0.25) is 0 Å². The van der Waals surface area contributed by atoms with Crippen LogP contribution < -0.4 is 5.73 Å². The van der Waals surface area contributed by atoms with Gasteiger partial charge in [-0.2, -0.15) is 18.3 Å². The second kappa shape index (κ2) is 5.91. The number of aromatic nitrogens is 2. The van der Waals surface area contributed by atoms with Gasteiger partial charge in [-0.05, 0) is 12.1 Å². The number of hydrogen-bond donors (Lipinski definition) is 1. The lowest BCUT2D eigenvalue weighted by atomic mass is 10.2. The van der Waals surface area contributed by atoms with Gasteiger partial charge in [0.15, 0.2) is 5.69 Å². The van der Waals surface area contributed by atoms with Gasteiger partial charge in [0, 0.05) is 11.9 Å². The number of benzene rings is 1. The molecule has 1 aromatic heterocycles. The maximum atomic E-state index is 12.8. The van der Waals surface area contributed by atoms with E-state index < -0.39 is 23.5 Å². The Hall–Kier alpha value is -2.16. The van der Waals surface area contributed by atoms with Gasteiger partial charge in [-0.3, -0.25) is 4.68 Å². The Labute approximate surface area is 128 Å². The Bertz CT molecular complexity index is 713. The molecule has 0 aliphatic carbocycles. The molecule has 0 spiro atoms. The minimum atomic E-state index is -4.64. The first-order chi connectivity index (χ1) is 10.3. The zero-order valence-corrected chi connectivity index (χ0v) is 12.5. The maximum absolute atomic E-state index is 12.8. The molecular weight excluding hydrogens is 319 g/mol. The number of carbonyl (C=O) groups is 1. The molecule has 0 bridgehead atoms. The average molecular weight is 331 g/mol. The van der Waals surface area contributed by atoms with E-state index in [1.165, 1.54) is 20.2 Å². The zero-order valence-electron chi connectivity index (χ0n) is 11.6. The number of nitrogen functional groups attached to an aromatic ring is 1. The molecule has 0 radical (unpaired) electrons. The van der Waals surface area contributed by atoms with Crippen molar-refractivity contribution in [2.75, 3.05) is 12.8 Å². The van der Waals surface area contributed by atoms with Crippen molar-refractivity contribution in [3.8, 4) is 0 Å². The van der Waals surface area contributed by atoms with Gasteiger partial charge in [0.05, 0.1) is 18.4 Å². The van der Waals surface area contributed by atoms with Crippen molar-refractivity contribution in [1.82, 2.24) is 9.78 Å². The highest BCUT2D eigenvalue weighted by molar-refractivity contribution is 7.99. The van der Waals surface area contributed by atoms with Gasteiger partial charge in [0.25, 0.3) is 0 Å². The third-order valence-electron chi connectivity index (χ3n) is 2.80. The topological polar surface area (TPSA) is 70.1 Å². The first-order valence-corrected chi connectivity index (χ1v) is 6.82. The molecule has 9 heteroatoms. The molecule has 0 aliphatic heterocycles. The number of halogens is 3. The van der Waals surface area contributed by atoms with E-state index in [2.05, 4.69) is 9.84 Å².